The Morgan fingerprint density at radius 3 is 1.71 bits per heavy atom. The molecular weight excluding hydrogens is 384 g/mol. The van der Waals surface area contributed by atoms with Gasteiger partial charge in [0.15, 0.2) is 11.5 Å². The summed E-state index contributed by atoms with van der Waals surface area (Å²) in [6, 6.07) is 27.9. The summed E-state index contributed by atoms with van der Waals surface area (Å²) < 4.78 is 11.7. The van der Waals surface area contributed by atoms with Crippen LogP contribution in [0.3, 0.4) is 0 Å². The van der Waals surface area contributed by atoms with E-state index in [0.29, 0.717) is 13.2 Å². The highest BCUT2D eigenvalue weighted by atomic mass is 16.5. The predicted molar refractivity (Wildman–Crippen MR) is 125 cm³/mol. The first-order valence-corrected chi connectivity index (χ1v) is 11.2. The van der Waals surface area contributed by atoms with Gasteiger partial charge in [-0.3, -0.25) is 9.80 Å². The van der Waals surface area contributed by atoms with Crippen molar-refractivity contribution in [1.29, 1.82) is 0 Å². The lowest BCUT2D eigenvalue weighted by Gasteiger charge is -2.31. The summed E-state index contributed by atoms with van der Waals surface area (Å²) in [5.41, 5.74) is 3.92. The van der Waals surface area contributed by atoms with Gasteiger partial charge in [0.05, 0.1) is 19.4 Å². The highest BCUT2D eigenvalue weighted by Crippen LogP contribution is 2.37. The second kappa shape index (κ2) is 10.5. The SMILES string of the molecule is CCOc1ccc(C2N(Cc3ccccc3)CCN2Cc2ccccc2)cc1OCC. The maximum absolute atomic E-state index is 5.93. The van der Waals surface area contributed by atoms with Crippen LogP contribution in [0.4, 0.5) is 0 Å². The number of ether oxygens (including phenoxy) is 2. The van der Waals surface area contributed by atoms with Gasteiger partial charge in [0.25, 0.3) is 0 Å². The van der Waals surface area contributed by atoms with Gasteiger partial charge < -0.3 is 9.47 Å². The van der Waals surface area contributed by atoms with Gasteiger partial charge in [0.2, 0.25) is 0 Å². The Morgan fingerprint density at radius 1 is 0.677 bits per heavy atom. The number of hydrogen-bond donors (Lipinski definition) is 0. The normalized spacial score (nSPS) is 15.3. The molecule has 1 aliphatic heterocycles. The minimum atomic E-state index is 0.190. The van der Waals surface area contributed by atoms with Crippen LogP contribution in [0.1, 0.15) is 36.7 Å². The van der Waals surface area contributed by atoms with Crippen molar-refractivity contribution in [3.05, 3.63) is 95.6 Å². The van der Waals surface area contributed by atoms with Gasteiger partial charge in [-0.05, 0) is 42.7 Å². The van der Waals surface area contributed by atoms with Crippen molar-refractivity contribution in [3.63, 3.8) is 0 Å². The molecule has 0 unspecified atom stereocenters. The fourth-order valence-electron chi connectivity index (χ4n) is 4.35. The average molecular weight is 417 g/mol. The van der Waals surface area contributed by atoms with Crippen molar-refractivity contribution in [1.82, 2.24) is 9.80 Å². The lowest BCUT2D eigenvalue weighted by molar-refractivity contribution is 0.125. The highest BCUT2D eigenvalue weighted by Gasteiger charge is 2.33. The molecule has 0 N–H and O–H groups in total. The molecule has 3 aromatic rings. The van der Waals surface area contributed by atoms with Crippen LogP contribution in [-0.2, 0) is 13.1 Å². The van der Waals surface area contributed by atoms with E-state index in [0.717, 1.165) is 37.7 Å². The lowest BCUT2D eigenvalue weighted by Crippen LogP contribution is -2.30. The Kier molecular flexibility index (Phi) is 7.23. The summed E-state index contributed by atoms with van der Waals surface area (Å²) in [6.45, 7) is 9.18. The van der Waals surface area contributed by atoms with E-state index in [1.54, 1.807) is 0 Å². The van der Waals surface area contributed by atoms with Crippen molar-refractivity contribution in [2.75, 3.05) is 26.3 Å². The minimum absolute atomic E-state index is 0.190. The summed E-state index contributed by atoms with van der Waals surface area (Å²) >= 11 is 0. The van der Waals surface area contributed by atoms with E-state index in [1.807, 2.05) is 13.8 Å². The van der Waals surface area contributed by atoms with Gasteiger partial charge in [-0.1, -0.05) is 66.7 Å². The zero-order valence-corrected chi connectivity index (χ0v) is 18.5. The van der Waals surface area contributed by atoms with Crippen LogP contribution in [0.15, 0.2) is 78.9 Å². The zero-order valence-electron chi connectivity index (χ0n) is 18.5. The quantitative estimate of drug-likeness (QED) is 0.460. The monoisotopic (exact) mass is 416 g/mol. The Morgan fingerprint density at radius 2 is 1.19 bits per heavy atom. The first-order chi connectivity index (χ1) is 15.3. The molecule has 0 bridgehead atoms. The summed E-state index contributed by atoms with van der Waals surface area (Å²) in [4.78, 5) is 5.12. The molecule has 0 aliphatic carbocycles. The lowest BCUT2D eigenvalue weighted by atomic mass is 10.1. The van der Waals surface area contributed by atoms with Gasteiger partial charge in [-0.25, -0.2) is 0 Å². The molecular formula is C27H32N2O2. The van der Waals surface area contributed by atoms with Crippen molar-refractivity contribution in [2.24, 2.45) is 0 Å². The van der Waals surface area contributed by atoms with E-state index in [9.17, 15) is 0 Å². The molecule has 1 aliphatic rings. The molecule has 1 fully saturated rings. The second-order valence-corrected chi connectivity index (χ2v) is 7.86. The maximum Gasteiger partial charge on any atom is 0.161 e. The largest absolute Gasteiger partial charge is 0.490 e. The summed E-state index contributed by atoms with van der Waals surface area (Å²) in [6.07, 6.45) is 0.190. The van der Waals surface area contributed by atoms with Gasteiger partial charge in [-0.2, -0.15) is 0 Å². The molecule has 0 atom stereocenters. The van der Waals surface area contributed by atoms with E-state index in [-0.39, 0.29) is 6.17 Å². The molecule has 4 rings (SSSR count). The van der Waals surface area contributed by atoms with Crippen LogP contribution in [0.2, 0.25) is 0 Å². The summed E-state index contributed by atoms with van der Waals surface area (Å²) in [7, 11) is 0. The Labute approximate surface area is 186 Å². The molecule has 1 saturated heterocycles. The van der Waals surface area contributed by atoms with Gasteiger partial charge in [0, 0.05) is 26.2 Å². The van der Waals surface area contributed by atoms with Gasteiger partial charge in [0.1, 0.15) is 0 Å². The van der Waals surface area contributed by atoms with E-state index in [2.05, 4.69) is 88.7 Å². The number of nitrogens with zero attached hydrogens (tertiary/aromatic N) is 2. The predicted octanol–water partition coefficient (Wildman–Crippen LogP) is 5.50. The summed E-state index contributed by atoms with van der Waals surface area (Å²) in [5, 5.41) is 0. The van der Waals surface area contributed by atoms with Gasteiger partial charge in [-0.15, -0.1) is 0 Å². The molecule has 162 valence electrons. The third kappa shape index (κ3) is 5.27. The fourth-order valence-corrected chi connectivity index (χ4v) is 4.35. The van der Waals surface area contributed by atoms with E-state index in [1.165, 1.54) is 16.7 Å². The third-order valence-electron chi connectivity index (χ3n) is 5.69. The maximum atomic E-state index is 5.93. The van der Waals surface area contributed by atoms with Crippen LogP contribution >= 0.6 is 0 Å². The van der Waals surface area contributed by atoms with E-state index >= 15 is 0 Å². The van der Waals surface area contributed by atoms with Gasteiger partial charge >= 0.3 is 0 Å². The molecule has 4 heteroatoms. The molecule has 0 spiro atoms. The number of rotatable bonds is 9. The van der Waals surface area contributed by atoms with Crippen LogP contribution in [0.5, 0.6) is 11.5 Å². The Balaban J connectivity index is 1.65. The van der Waals surface area contributed by atoms with Crippen molar-refractivity contribution < 1.29 is 9.47 Å². The Bertz CT molecular complexity index is 896. The molecule has 3 aromatic carbocycles. The van der Waals surface area contributed by atoms with Crippen molar-refractivity contribution in [3.8, 4) is 11.5 Å². The van der Waals surface area contributed by atoms with Crippen LogP contribution < -0.4 is 9.47 Å². The minimum Gasteiger partial charge on any atom is -0.490 e. The highest BCUT2D eigenvalue weighted by molar-refractivity contribution is 5.44. The molecule has 0 amide bonds. The first-order valence-electron chi connectivity index (χ1n) is 11.2. The third-order valence-corrected chi connectivity index (χ3v) is 5.69. The van der Waals surface area contributed by atoms with Crippen LogP contribution in [0.25, 0.3) is 0 Å². The first kappa shape index (κ1) is 21.4. The van der Waals surface area contributed by atoms with Crippen LogP contribution in [0, 0.1) is 0 Å². The molecule has 31 heavy (non-hydrogen) atoms. The van der Waals surface area contributed by atoms with Crippen molar-refractivity contribution in [2.45, 2.75) is 33.1 Å². The smallest absolute Gasteiger partial charge is 0.161 e. The fraction of sp³-hybridized carbons (Fsp3) is 0.333. The standard InChI is InChI=1S/C27H32N2O2/c1-3-30-25-16-15-24(19-26(25)31-4-2)27-28(20-22-11-7-5-8-12-22)17-18-29(27)21-23-13-9-6-10-14-23/h5-16,19,27H,3-4,17-18,20-21H2,1-2H3. The molecule has 1 heterocycles. The number of benzene rings is 3. The van der Waals surface area contributed by atoms with Crippen LogP contribution in [-0.4, -0.2) is 36.1 Å². The zero-order chi connectivity index (χ0) is 21.5. The topological polar surface area (TPSA) is 24.9 Å². The molecule has 0 aromatic heterocycles. The second-order valence-electron chi connectivity index (χ2n) is 7.86. The average Bonchev–Trinajstić information content (AvgIpc) is 3.18. The van der Waals surface area contributed by atoms with E-state index in [4.69, 9.17) is 9.47 Å². The van der Waals surface area contributed by atoms with E-state index < -0.39 is 0 Å². The summed E-state index contributed by atoms with van der Waals surface area (Å²) in [5.74, 6) is 1.64. The Hall–Kier alpha value is -2.82. The van der Waals surface area contributed by atoms with Crippen molar-refractivity contribution >= 4 is 0 Å². The molecule has 0 saturated carbocycles. The molecule has 4 nitrogen and oxygen atoms in total. The number of hydrogen-bond acceptors (Lipinski definition) is 4. The molecule has 0 radical (unpaired) electrons.